The van der Waals surface area contributed by atoms with Crippen LogP contribution >= 0.6 is 0 Å². The first-order chi connectivity index (χ1) is 12.9. The average Bonchev–Trinajstić information content (AvgIpc) is 2.71. The monoisotopic (exact) mass is 366 g/mol. The standard InChI is InChI=1S/C22H26N2O3/c1-22(2,20(25)23-15-16-10-12-18(27-3)13-11-16)21(26)24-14-6-8-17-7-4-5-9-19(17)24/h4-5,7,9-13H,6,8,14-15H2,1-3H3,(H,23,25). The Morgan fingerprint density at radius 3 is 2.52 bits per heavy atom. The first-order valence-corrected chi connectivity index (χ1v) is 9.24. The highest BCUT2D eigenvalue weighted by Crippen LogP contribution is 2.31. The third-order valence-electron chi connectivity index (χ3n) is 5.07. The molecule has 1 aliphatic rings. The molecule has 0 saturated carbocycles. The van der Waals surface area contributed by atoms with Crippen LogP contribution in [-0.2, 0) is 22.6 Å². The minimum Gasteiger partial charge on any atom is -0.497 e. The molecule has 142 valence electrons. The van der Waals surface area contributed by atoms with Crippen LogP contribution < -0.4 is 15.0 Å². The van der Waals surface area contributed by atoms with Crippen LogP contribution in [0.5, 0.6) is 5.75 Å². The first-order valence-electron chi connectivity index (χ1n) is 9.24. The van der Waals surface area contributed by atoms with Gasteiger partial charge in [0.25, 0.3) is 0 Å². The lowest BCUT2D eigenvalue weighted by atomic mass is 9.88. The van der Waals surface area contributed by atoms with E-state index in [4.69, 9.17) is 4.74 Å². The Balaban J connectivity index is 1.69. The molecular formula is C22H26N2O3. The quantitative estimate of drug-likeness (QED) is 0.826. The summed E-state index contributed by atoms with van der Waals surface area (Å²) in [5, 5.41) is 2.89. The van der Waals surface area contributed by atoms with Gasteiger partial charge in [-0.05, 0) is 56.0 Å². The number of methoxy groups -OCH3 is 1. The fraction of sp³-hybridized carbons (Fsp3) is 0.364. The molecule has 0 bridgehead atoms. The number of fused-ring (bicyclic) bond motifs is 1. The summed E-state index contributed by atoms with van der Waals surface area (Å²) in [7, 11) is 1.61. The summed E-state index contributed by atoms with van der Waals surface area (Å²) < 4.78 is 5.14. The van der Waals surface area contributed by atoms with Gasteiger partial charge in [-0.25, -0.2) is 0 Å². The van der Waals surface area contributed by atoms with Gasteiger partial charge in [-0.1, -0.05) is 30.3 Å². The number of carbonyl (C=O) groups excluding carboxylic acids is 2. The summed E-state index contributed by atoms with van der Waals surface area (Å²) >= 11 is 0. The summed E-state index contributed by atoms with van der Waals surface area (Å²) in [6.07, 6.45) is 1.87. The number of benzene rings is 2. The Labute approximate surface area is 160 Å². The van der Waals surface area contributed by atoms with E-state index in [1.807, 2.05) is 48.5 Å². The lowest BCUT2D eigenvalue weighted by Crippen LogP contribution is -2.50. The Morgan fingerprint density at radius 1 is 1.11 bits per heavy atom. The number of hydrogen-bond acceptors (Lipinski definition) is 3. The molecule has 2 aromatic carbocycles. The molecule has 5 heteroatoms. The second-order valence-electron chi connectivity index (χ2n) is 7.34. The number of para-hydroxylation sites is 1. The Hall–Kier alpha value is -2.82. The number of anilines is 1. The fourth-order valence-electron chi connectivity index (χ4n) is 3.33. The first kappa shape index (κ1) is 19.0. The molecule has 0 atom stereocenters. The smallest absolute Gasteiger partial charge is 0.242 e. The van der Waals surface area contributed by atoms with Gasteiger partial charge in [-0.15, -0.1) is 0 Å². The molecule has 2 aromatic rings. The van der Waals surface area contributed by atoms with E-state index in [1.165, 1.54) is 0 Å². The molecule has 0 radical (unpaired) electrons. The number of aryl methyl sites for hydroxylation is 1. The lowest BCUT2D eigenvalue weighted by Gasteiger charge is -2.35. The highest BCUT2D eigenvalue weighted by molar-refractivity contribution is 6.11. The van der Waals surface area contributed by atoms with Crippen molar-refractivity contribution in [1.29, 1.82) is 0 Å². The van der Waals surface area contributed by atoms with Crippen molar-refractivity contribution in [2.24, 2.45) is 5.41 Å². The maximum absolute atomic E-state index is 13.2. The largest absolute Gasteiger partial charge is 0.497 e. The van der Waals surface area contributed by atoms with Gasteiger partial charge < -0.3 is 15.0 Å². The summed E-state index contributed by atoms with van der Waals surface area (Å²) in [6.45, 7) is 4.40. The van der Waals surface area contributed by atoms with Crippen LogP contribution in [0.25, 0.3) is 0 Å². The SMILES string of the molecule is COc1ccc(CNC(=O)C(C)(C)C(=O)N2CCCc3ccccc32)cc1. The third-order valence-corrected chi connectivity index (χ3v) is 5.07. The second kappa shape index (κ2) is 7.82. The molecule has 3 rings (SSSR count). The van der Waals surface area contributed by atoms with Gasteiger partial charge in [0.1, 0.15) is 11.2 Å². The maximum Gasteiger partial charge on any atom is 0.242 e. The van der Waals surface area contributed by atoms with E-state index < -0.39 is 5.41 Å². The highest BCUT2D eigenvalue weighted by Gasteiger charge is 2.40. The van der Waals surface area contributed by atoms with Gasteiger partial charge in [0.05, 0.1) is 7.11 Å². The van der Waals surface area contributed by atoms with E-state index in [2.05, 4.69) is 5.32 Å². The lowest BCUT2D eigenvalue weighted by molar-refractivity contribution is -0.140. The summed E-state index contributed by atoms with van der Waals surface area (Å²) in [5.41, 5.74) is 1.89. The Bertz CT molecular complexity index is 828. The normalized spacial score (nSPS) is 13.7. The molecule has 0 fully saturated rings. The van der Waals surface area contributed by atoms with E-state index in [1.54, 1.807) is 25.9 Å². The van der Waals surface area contributed by atoms with E-state index in [9.17, 15) is 9.59 Å². The van der Waals surface area contributed by atoms with Gasteiger partial charge in [0, 0.05) is 18.8 Å². The zero-order chi connectivity index (χ0) is 19.4. The topological polar surface area (TPSA) is 58.6 Å². The third kappa shape index (κ3) is 3.97. The highest BCUT2D eigenvalue weighted by atomic mass is 16.5. The van der Waals surface area contributed by atoms with Crippen LogP contribution in [0.2, 0.25) is 0 Å². The van der Waals surface area contributed by atoms with Gasteiger partial charge in [-0.2, -0.15) is 0 Å². The van der Waals surface area contributed by atoms with E-state index >= 15 is 0 Å². The molecule has 0 unspecified atom stereocenters. The van der Waals surface area contributed by atoms with Crippen molar-refractivity contribution in [3.8, 4) is 5.75 Å². The van der Waals surface area contributed by atoms with Crippen LogP contribution in [0, 0.1) is 5.41 Å². The Kier molecular flexibility index (Phi) is 5.49. The van der Waals surface area contributed by atoms with Crippen LogP contribution in [0.1, 0.15) is 31.4 Å². The number of nitrogens with one attached hydrogen (secondary N) is 1. The Morgan fingerprint density at radius 2 is 1.81 bits per heavy atom. The van der Waals surface area contributed by atoms with Crippen molar-refractivity contribution in [3.05, 3.63) is 59.7 Å². The van der Waals surface area contributed by atoms with Crippen LogP contribution in [0.3, 0.4) is 0 Å². The van der Waals surface area contributed by atoms with Crippen LogP contribution in [-0.4, -0.2) is 25.5 Å². The maximum atomic E-state index is 13.2. The number of carbonyl (C=O) groups is 2. The number of hydrogen-bond donors (Lipinski definition) is 1. The summed E-state index contributed by atoms with van der Waals surface area (Å²) in [6, 6.07) is 15.4. The summed E-state index contributed by atoms with van der Waals surface area (Å²) in [5.74, 6) is 0.331. The number of ether oxygens (including phenoxy) is 1. The number of amides is 2. The van der Waals surface area contributed by atoms with E-state index in [0.717, 1.165) is 35.4 Å². The van der Waals surface area contributed by atoms with Crippen LogP contribution in [0.4, 0.5) is 5.69 Å². The zero-order valence-corrected chi connectivity index (χ0v) is 16.1. The molecular weight excluding hydrogens is 340 g/mol. The summed E-state index contributed by atoms with van der Waals surface area (Å²) in [4.78, 5) is 27.7. The van der Waals surface area contributed by atoms with Gasteiger partial charge in [-0.3, -0.25) is 9.59 Å². The van der Waals surface area contributed by atoms with Gasteiger partial charge in [0.15, 0.2) is 0 Å². The number of nitrogens with zero attached hydrogens (tertiary/aromatic N) is 1. The molecule has 0 spiro atoms. The minimum absolute atomic E-state index is 0.165. The molecule has 2 amide bonds. The molecule has 0 aromatic heterocycles. The van der Waals surface area contributed by atoms with Crippen molar-refractivity contribution in [3.63, 3.8) is 0 Å². The molecule has 1 heterocycles. The van der Waals surface area contributed by atoms with E-state index in [-0.39, 0.29) is 11.8 Å². The molecule has 1 aliphatic heterocycles. The van der Waals surface area contributed by atoms with Crippen molar-refractivity contribution in [1.82, 2.24) is 5.32 Å². The van der Waals surface area contributed by atoms with Crippen molar-refractivity contribution in [2.75, 3.05) is 18.6 Å². The van der Waals surface area contributed by atoms with Crippen molar-refractivity contribution >= 4 is 17.5 Å². The molecule has 27 heavy (non-hydrogen) atoms. The molecule has 1 N–H and O–H groups in total. The minimum atomic E-state index is -1.14. The average molecular weight is 366 g/mol. The second-order valence-corrected chi connectivity index (χ2v) is 7.34. The van der Waals surface area contributed by atoms with Gasteiger partial charge in [0.2, 0.25) is 11.8 Å². The number of rotatable bonds is 5. The molecule has 5 nitrogen and oxygen atoms in total. The van der Waals surface area contributed by atoms with Crippen molar-refractivity contribution in [2.45, 2.75) is 33.2 Å². The molecule has 0 aliphatic carbocycles. The molecule has 0 saturated heterocycles. The predicted molar refractivity (Wildman–Crippen MR) is 106 cm³/mol. The van der Waals surface area contributed by atoms with Crippen LogP contribution in [0.15, 0.2) is 48.5 Å². The van der Waals surface area contributed by atoms with E-state index in [0.29, 0.717) is 13.1 Å². The van der Waals surface area contributed by atoms with Gasteiger partial charge >= 0.3 is 0 Å². The van der Waals surface area contributed by atoms with Crippen molar-refractivity contribution < 1.29 is 14.3 Å². The fourth-order valence-corrected chi connectivity index (χ4v) is 3.33. The zero-order valence-electron chi connectivity index (χ0n) is 16.1. The predicted octanol–water partition coefficient (Wildman–Crippen LogP) is 3.32.